The molecule has 31 heavy (non-hydrogen) atoms. The molecule has 1 N–H and O–H groups in total. The largest absolute Gasteiger partial charge is 0.491 e. The molecule has 1 aliphatic rings. The number of nitrogens with one attached hydrogen (secondary N) is 1. The Hall–Kier alpha value is -3.27. The van der Waals surface area contributed by atoms with Crippen molar-refractivity contribution in [3.05, 3.63) is 95.6 Å². The van der Waals surface area contributed by atoms with Crippen molar-refractivity contribution in [3.8, 4) is 5.75 Å². The van der Waals surface area contributed by atoms with E-state index in [2.05, 4.69) is 36.5 Å². The zero-order chi connectivity index (χ0) is 21.8. The third-order valence-electron chi connectivity index (χ3n) is 5.89. The number of hydrogen-bond donors (Lipinski definition) is 1. The highest BCUT2D eigenvalue weighted by Gasteiger charge is 2.44. The highest BCUT2D eigenvalue weighted by molar-refractivity contribution is 6.02. The lowest BCUT2D eigenvalue weighted by atomic mass is 9.89. The first-order valence-corrected chi connectivity index (χ1v) is 11.0. The van der Waals surface area contributed by atoms with E-state index in [9.17, 15) is 4.79 Å². The van der Waals surface area contributed by atoms with Crippen LogP contribution in [-0.4, -0.2) is 23.5 Å². The summed E-state index contributed by atoms with van der Waals surface area (Å²) >= 11 is 0. The van der Waals surface area contributed by atoms with Gasteiger partial charge < -0.3 is 15.0 Å². The lowest BCUT2D eigenvalue weighted by Crippen LogP contribution is -2.57. The molecule has 3 aromatic rings. The minimum atomic E-state index is -0.615. The summed E-state index contributed by atoms with van der Waals surface area (Å²) in [5, 5.41) is 3.72. The molecule has 0 saturated heterocycles. The van der Waals surface area contributed by atoms with Gasteiger partial charge in [-0.25, -0.2) is 0 Å². The van der Waals surface area contributed by atoms with Crippen LogP contribution >= 0.6 is 0 Å². The zero-order valence-corrected chi connectivity index (χ0v) is 18.5. The summed E-state index contributed by atoms with van der Waals surface area (Å²) in [6, 6.07) is 26.3. The number of carbonyl (C=O) groups is 1. The van der Waals surface area contributed by atoms with E-state index in [1.807, 2.05) is 73.3 Å². The second-order valence-electron chi connectivity index (χ2n) is 8.27. The molecule has 4 rings (SSSR count). The number of hydrogen-bond acceptors (Lipinski definition) is 3. The molecular formula is C27H30N2O2. The zero-order valence-electron chi connectivity index (χ0n) is 18.5. The summed E-state index contributed by atoms with van der Waals surface area (Å²) < 4.78 is 5.83. The number of benzene rings is 3. The van der Waals surface area contributed by atoms with E-state index >= 15 is 0 Å². The maximum Gasteiger partial charge on any atom is 0.258 e. The molecule has 1 amide bonds. The predicted octanol–water partition coefficient (Wildman–Crippen LogP) is 5.85. The van der Waals surface area contributed by atoms with E-state index in [0.29, 0.717) is 6.54 Å². The van der Waals surface area contributed by atoms with Crippen LogP contribution in [-0.2, 0) is 12.1 Å². The van der Waals surface area contributed by atoms with Gasteiger partial charge in [-0.15, -0.1) is 0 Å². The van der Waals surface area contributed by atoms with Gasteiger partial charge in [-0.3, -0.25) is 4.79 Å². The first-order valence-electron chi connectivity index (χ1n) is 11.0. The Morgan fingerprint density at radius 2 is 1.61 bits per heavy atom. The van der Waals surface area contributed by atoms with E-state index in [0.717, 1.165) is 35.4 Å². The topological polar surface area (TPSA) is 41.6 Å². The fourth-order valence-electron chi connectivity index (χ4n) is 4.36. The van der Waals surface area contributed by atoms with Crippen molar-refractivity contribution in [2.75, 3.05) is 11.9 Å². The first-order chi connectivity index (χ1) is 15.0. The van der Waals surface area contributed by atoms with Crippen LogP contribution in [0.15, 0.2) is 78.9 Å². The molecule has 4 heteroatoms. The average molecular weight is 415 g/mol. The second-order valence-corrected chi connectivity index (χ2v) is 8.27. The first kappa shape index (κ1) is 21.0. The van der Waals surface area contributed by atoms with Crippen molar-refractivity contribution >= 4 is 11.6 Å². The van der Waals surface area contributed by atoms with Gasteiger partial charge in [-0.2, -0.15) is 0 Å². The van der Waals surface area contributed by atoms with Gasteiger partial charge in [-0.1, -0.05) is 61.5 Å². The summed E-state index contributed by atoms with van der Waals surface area (Å²) in [7, 11) is 0. The standard InChI is InChI=1S/C27H30N2O2/c1-4-27(22-14-16-23(17-15-22)31-20(2)3)28-25-13-9-8-12-24(25)26(30)29(27)19-18-21-10-6-5-7-11-21/h5-17,20,28H,4,18-19H2,1-3H3. The van der Waals surface area contributed by atoms with Gasteiger partial charge in [0.25, 0.3) is 5.91 Å². The van der Waals surface area contributed by atoms with Gasteiger partial charge in [0.15, 0.2) is 0 Å². The molecule has 1 aliphatic heterocycles. The summed E-state index contributed by atoms with van der Waals surface area (Å²) in [6.45, 7) is 6.79. The number of para-hydroxylation sites is 1. The van der Waals surface area contributed by atoms with Crippen molar-refractivity contribution in [3.63, 3.8) is 0 Å². The van der Waals surface area contributed by atoms with Gasteiger partial charge in [0.05, 0.1) is 11.7 Å². The summed E-state index contributed by atoms with van der Waals surface area (Å²) in [4.78, 5) is 15.7. The van der Waals surface area contributed by atoms with Crippen molar-refractivity contribution in [2.45, 2.75) is 45.4 Å². The lowest BCUT2D eigenvalue weighted by molar-refractivity contribution is 0.0487. The molecule has 0 bridgehead atoms. The van der Waals surface area contributed by atoms with Crippen LogP contribution in [0.1, 0.15) is 48.7 Å². The van der Waals surface area contributed by atoms with Crippen LogP contribution in [0.4, 0.5) is 5.69 Å². The molecule has 1 unspecified atom stereocenters. The van der Waals surface area contributed by atoms with E-state index in [-0.39, 0.29) is 12.0 Å². The summed E-state index contributed by atoms with van der Waals surface area (Å²) in [5.41, 5.74) is 3.27. The smallest absolute Gasteiger partial charge is 0.258 e. The molecule has 0 aliphatic carbocycles. The molecule has 0 spiro atoms. The fourth-order valence-corrected chi connectivity index (χ4v) is 4.36. The molecule has 0 radical (unpaired) electrons. The van der Waals surface area contributed by atoms with Gasteiger partial charge in [0.1, 0.15) is 11.4 Å². The molecule has 0 aromatic heterocycles. The average Bonchev–Trinajstić information content (AvgIpc) is 2.79. The summed E-state index contributed by atoms with van der Waals surface area (Å²) in [6.07, 6.45) is 1.66. The predicted molar refractivity (Wildman–Crippen MR) is 125 cm³/mol. The molecule has 0 saturated carbocycles. The van der Waals surface area contributed by atoms with Crippen LogP contribution in [0.3, 0.4) is 0 Å². The minimum absolute atomic E-state index is 0.0645. The van der Waals surface area contributed by atoms with Crippen molar-refractivity contribution in [1.82, 2.24) is 4.90 Å². The van der Waals surface area contributed by atoms with Gasteiger partial charge in [0.2, 0.25) is 0 Å². The quantitative estimate of drug-likeness (QED) is 0.527. The number of rotatable bonds is 7. The monoisotopic (exact) mass is 414 g/mol. The second kappa shape index (κ2) is 8.84. The van der Waals surface area contributed by atoms with Crippen LogP contribution in [0.5, 0.6) is 5.75 Å². The van der Waals surface area contributed by atoms with Crippen molar-refractivity contribution in [2.24, 2.45) is 0 Å². The third kappa shape index (κ3) is 4.15. The molecule has 1 atom stereocenters. The molecule has 3 aromatic carbocycles. The van der Waals surface area contributed by atoms with Gasteiger partial charge >= 0.3 is 0 Å². The molecule has 1 heterocycles. The van der Waals surface area contributed by atoms with Crippen LogP contribution < -0.4 is 10.1 Å². The Labute approximate surface area is 184 Å². The number of anilines is 1. The van der Waals surface area contributed by atoms with Gasteiger partial charge in [-0.05, 0) is 62.1 Å². The highest BCUT2D eigenvalue weighted by atomic mass is 16.5. The Morgan fingerprint density at radius 3 is 2.29 bits per heavy atom. The van der Waals surface area contributed by atoms with E-state index in [4.69, 9.17) is 4.74 Å². The van der Waals surface area contributed by atoms with Crippen molar-refractivity contribution < 1.29 is 9.53 Å². The third-order valence-corrected chi connectivity index (χ3v) is 5.89. The minimum Gasteiger partial charge on any atom is -0.491 e. The Morgan fingerprint density at radius 1 is 0.935 bits per heavy atom. The van der Waals surface area contributed by atoms with E-state index in [1.165, 1.54) is 5.56 Å². The van der Waals surface area contributed by atoms with Crippen LogP contribution in [0, 0.1) is 0 Å². The fraction of sp³-hybridized carbons (Fsp3) is 0.296. The Balaban J connectivity index is 1.73. The number of nitrogens with zero attached hydrogens (tertiary/aromatic N) is 1. The normalized spacial score (nSPS) is 17.9. The molecule has 160 valence electrons. The maximum atomic E-state index is 13.7. The number of ether oxygens (including phenoxy) is 1. The SMILES string of the molecule is CCC1(c2ccc(OC(C)C)cc2)Nc2ccccc2C(=O)N1CCc1ccccc1. The number of fused-ring (bicyclic) bond motifs is 1. The highest BCUT2D eigenvalue weighted by Crippen LogP contribution is 2.40. The molecule has 0 fully saturated rings. The Bertz CT molecular complexity index is 1030. The maximum absolute atomic E-state index is 13.7. The van der Waals surface area contributed by atoms with Gasteiger partial charge in [0, 0.05) is 12.2 Å². The number of amides is 1. The van der Waals surface area contributed by atoms with Crippen LogP contribution in [0.25, 0.3) is 0 Å². The van der Waals surface area contributed by atoms with Crippen LogP contribution in [0.2, 0.25) is 0 Å². The molecule has 4 nitrogen and oxygen atoms in total. The Kier molecular flexibility index (Phi) is 5.99. The summed E-state index contributed by atoms with van der Waals surface area (Å²) in [5.74, 6) is 0.901. The lowest BCUT2D eigenvalue weighted by Gasteiger charge is -2.48. The van der Waals surface area contributed by atoms with E-state index in [1.54, 1.807) is 0 Å². The molecular weight excluding hydrogens is 384 g/mol. The number of carbonyl (C=O) groups excluding carboxylic acids is 1. The van der Waals surface area contributed by atoms with E-state index < -0.39 is 5.66 Å². The van der Waals surface area contributed by atoms with Crippen molar-refractivity contribution in [1.29, 1.82) is 0 Å².